The van der Waals surface area contributed by atoms with Gasteiger partial charge in [0.2, 0.25) is 0 Å². The summed E-state index contributed by atoms with van der Waals surface area (Å²) in [6, 6.07) is 10.5. The van der Waals surface area contributed by atoms with Gasteiger partial charge in [-0.1, -0.05) is 18.2 Å². The molecule has 98 valence electrons. The van der Waals surface area contributed by atoms with Crippen LogP contribution in [0.2, 0.25) is 0 Å². The summed E-state index contributed by atoms with van der Waals surface area (Å²) in [6.07, 6.45) is 0.639. The second-order valence-corrected chi connectivity index (χ2v) is 4.49. The number of furan rings is 1. The van der Waals surface area contributed by atoms with Gasteiger partial charge in [0.1, 0.15) is 5.76 Å². The standard InChI is InChI=1S/C15H15NO3/c1-10(2)16-15(18)13-6-4-3-5-12(13)14-8-7-11(9-17)19-14/h3-10H,1-2H3,(H,16,18). The molecule has 19 heavy (non-hydrogen) atoms. The van der Waals surface area contributed by atoms with E-state index in [9.17, 15) is 9.59 Å². The molecule has 0 radical (unpaired) electrons. The van der Waals surface area contributed by atoms with Crippen molar-refractivity contribution in [2.75, 3.05) is 0 Å². The number of amides is 1. The fourth-order valence-electron chi connectivity index (χ4n) is 1.80. The first-order chi connectivity index (χ1) is 9.11. The summed E-state index contributed by atoms with van der Waals surface area (Å²) in [6.45, 7) is 3.80. The lowest BCUT2D eigenvalue weighted by Crippen LogP contribution is -2.30. The summed E-state index contributed by atoms with van der Waals surface area (Å²) in [7, 11) is 0. The Morgan fingerprint density at radius 3 is 2.58 bits per heavy atom. The van der Waals surface area contributed by atoms with Gasteiger partial charge in [-0.25, -0.2) is 0 Å². The number of carbonyl (C=O) groups is 2. The van der Waals surface area contributed by atoms with Gasteiger partial charge in [0, 0.05) is 11.6 Å². The van der Waals surface area contributed by atoms with Crippen molar-refractivity contribution < 1.29 is 14.0 Å². The molecule has 4 heteroatoms. The van der Waals surface area contributed by atoms with E-state index in [1.807, 2.05) is 19.9 Å². The van der Waals surface area contributed by atoms with E-state index in [2.05, 4.69) is 5.32 Å². The highest BCUT2D eigenvalue weighted by Gasteiger charge is 2.15. The molecule has 4 nitrogen and oxygen atoms in total. The minimum Gasteiger partial charge on any atom is -0.453 e. The molecule has 0 atom stereocenters. The van der Waals surface area contributed by atoms with Gasteiger partial charge in [0.25, 0.3) is 5.91 Å². The highest BCUT2D eigenvalue weighted by molar-refractivity contribution is 6.00. The maximum absolute atomic E-state index is 12.1. The normalized spacial score (nSPS) is 10.5. The molecule has 0 saturated carbocycles. The maximum atomic E-state index is 12.1. The molecule has 2 aromatic rings. The molecule has 0 fully saturated rings. The van der Waals surface area contributed by atoms with Crippen LogP contribution in [0.3, 0.4) is 0 Å². The van der Waals surface area contributed by atoms with Crippen molar-refractivity contribution in [2.45, 2.75) is 19.9 Å². The van der Waals surface area contributed by atoms with Crippen molar-refractivity contribution in [1.82, 2.24) is 5.32 Å². The zero-order valence-electron chi connectivity index (χ0n) is 10.8. The van der Waals surface area contributed by atoms with Crippen molar-refractivity contribution in [2.24, 2.45) is 0 Å². The van der Waals surface area contributed by atoms with Crippen LogP contribution in [0, 0.1) is 0 Å². The molecule has 0 saturated heterocycles. The summed E-state index contributed by atoms with van der Waals surface area (Å²) in [4.78, 5) is 22.7. The number of carbonyl (C=O) groups excluding carboxylic acids is 2. The van der Waals surface area contributed by atoms with Gasteiger partial charge in [-0.2, -0.15) is 0 Å². The monoisotopic (exact) mass is 257 g/mol. The van der Waals surface area contributed by atoms with Crippen LogP contribution in [0.15, 0.2) is 40.8 Å². The number of hydrogen-bond donors (Lipinski definition) is 1. The third kappa shape index (κ3) is 2.91. The Morgan fingerprint density at radius 1 is 1.21 bits per heavy atom. The van der Waals surface area contributed by atoms with Crippen molar-refractivity contribution >= 4 is 12.2 Å². The summed E-state index contributed by atoms with van der Waals surface area (Å²) in [5.74, 6) is 0.598. The molecule has 0 unspecified atom stereocenters. The Labute approximate surface area is 111 Å². The van der Waals surface area contributed by atoms with Gasteiger partial charge < -0.3 is 9.73 Å². The third-order valence-corrected chi connectivity index (χ3v) is 2.60. The van der Waals surface area contributed by atoms with E-state index in [4.69, 9.17) is 4.42 Å². The predicted octanol–water partition coefficient (Wildman–Crippen LogP) is 2.90. The van der Waals surface area contributed by atoms with Gasteiger partial charge in [0.15, 0.2) is 12.0 Å². The van der Waals surface area contributed by atoms with E-state index >= 15 is 0 Å². The number of benzene rings is 1. The Bertz CT molecular complexity index is 599. The Hall–Kier alpha value is -2.36. The van der Waals surface area contributed by atoms with Gasteiger partial charge in [-0.15, -0.1) is 0 Å². The van der Waals surface area contributed by atoms with E-state index in [0.717, 1.165) is 0 Å². The second-order valence-electron chi connectivity index (χ2n) is 4.49. The van der Waals surface area contributed by atoms with Crippen molar-refractivity contribution in [3.63, 3.8) is 0 Å². The number of aldehydes is 1. The quantitative estimate of drug-likeness (QED) is 0.857. The lowest BCUT2D eigenvalue weighted by Gasteiger charge is -2.10. The molecule has 1 heterocycles. The van der Waals surface area contributed by atoms with Gasteiger partial charge in [-0.3, -0.25) is 9.59 Å². The van der Waals surface area contributed by atoms with Crippen LogP contribution in [0.25, 0.3) is 11.3 Å². The third-order valence-electron chi connectivity index (χ3n) is 2.60. The fraction of sp³-hybridized carbons (Fsp3) is 0.200. The summed E-state index contributed by atoms with van der Waals surface area (Å²) < 4.78 is 5.37. The number of rotatable bonds is 4. The van der Waals surface area contributed by atoms with Crippen LogP contribution >= 0.6 is 0 Å². The molecule has 0 spiro atoms. The van der Waals surface area contributed by atoms with Crippen LogP contribution in [0.5, 0.6) is 0 Å². The largest absolute Gasteiger partial charge is 0.453 e. The zero-order chi connectivity index (χ0) is 13.8. The summed E-state index contributed by atoms with van der Waals surface area (Å²) in [5.41, 5.74) is 1.21. The molecule has 0 bridgehead atoms. The molecule has 2 rings (SSSR count). The molecule has 0 aliphatic heterocycles. The summed E-state index contributed by atoms with van der Waals surface area (Å²) in [5, 5.41) is 2.84. The molecule has 0 aliphatic rings. The lowest BCUT2D eigenvalue weighted by atomic mass is 10.0. The second kappa shape index (κ2) is 5.52. The Balaban J connectivity index is 2.40. The van der Waals surface area contributed by atoms with E-state index in [1.54, 1.807) is 30.3 Å². The molecule has 1 amide bonds. The number of nitrogens with one attached hydrogen (secondary N) is 1. The molecule has 1 aromatic heterocycles. The average Bonchev–Trinajstić information content (AvgIpc) is 2.86. The number of hydrogen-bond acceptors (Lipinski definition) is 3. The fourth-order valence-corrected chi connectivity index (χ4v) is 1.80. The summed E-state index contributed by atoms with van der Waals surface area (Å²) >= 11 is 0. The molecular weight excluding hydrogens is 242 g/mol. The zero-order valence-corrected chi connectivity index (χ0v) is 10.8. The van der Waals surface area contributed by atoms with E-state index in [0.29, 0.717) is 23.2 Å². The average molecular weight is 257 g/mol. The first-order valence-corrected chi connectivity index (χ1v) is 6.07. The van der Waals surface area contributed by atoms with Crippen LogP contribution in [0.4, 0.5) is 0 Å². The van der Waals surface area contributed by atoms with Crippen LogP contribution in [-0.2, 0) is 0 Å². The van der Waals surface area contributed by atoms with Crippen LogP contribution < -0.4 is 5.32 Å². The van der Waals surface area contributed by atoms with Crippen LogP contribution in [0.1, 0.15) is 34.8 Å². The van der Waals surface area contributed by atoms with E-state index in [1.165, 1.54) is 0 Å². The highest BCUT2D eigenvalue weighted by Crippen LogP contribution is 2.25. The Kier molecular flexibility index (Phi) is 3.80. The molecule has 0 aliphatic carbocycles. The van der Waals surface area contributed by atoms with Crippen molar-refractivity contribution in [3.05, 3.63) is 47.7 Å². The molecule has 1 N–H and O–H groups in total. The molecule has 1 aromatic carbocycles. The van der Waals surface area contributed by atoms with Crippen molar-refractivity contribution in [3.8, 4) is 11.3 Å². The minimum atomic E-state index is -0.158. The van der Waals surface area contributed by atoms with Crippen LogP contribution in [-0.4, -0.2) is 18.2 Å². The highest BCUT2D eigenvalue weighted by atomic mass is 16.3. The van der Waals surface area contributed by atoms with Gasteiger partial charge >= 0.3 is 0 Å². The van der Waals surface area contributed by atoms with Gasteiger partial charge in [-0.05, 0) is 32.0 Å². The smallest absolute Gasteiger partial charge is 0.252 e. The van der Waals surface area contributed by atoms with E-state index < -0.39 is 0 Å². The first kappa shape index (κ1) is 13.1. The maximum Gasteiger partial charge on any atom is 0.252 e. The minimum absolute atomic E-state index is 0.0580. The van der Waals surface area contributed by atoms with Gasteiger partial charge in [0.05, 0.1) is 5.56 Å². The molecular formula is C15H15NO3. The Morgan fingerprint density at radius 2 is 1.95 bits per heavy atom. The predicted molar refractivity (Wildman–Crippen MR) is 72.1 cm³/mol. The SMILES string of the molecule is CC(C)NC(=O)c1ccccc1-c1ccc(C=O)o1. The van der Waals surface area contributed by atoms with E-state index in [-0.39, 0.29) is 17.7 Å². The van der Waals surface area contributed by atoms with Crippen molar-refractivity contribution in [1.29, 1.82) is 0 Å². The lowest BCUT2D eigenvalue weighted by molar-refractivity contribution is 0.0943. The first-order valence-electron chi connectivity index (χ1n) is 6.07. The topological polar surface area (TPSA) is 59.3 Å².